The number of para-hydroxylation sites is 1. The highest BCUT2D eigenvalue weighted by atomic mass is 16.2. The first-order valence-electron chi connectivity index (χ1n) is 7.43. The highest BCUT2D eigenvalue weighted by Gasteiger charge is 2.23. The number of anilines is 1. The number of hydrogen-bond donors (Lipinski definition) is 0. The Bertz CT molecular complexity index is 662. The van der Waals surface area contributed by atoms with Gasteiger partial charge in [0.15, 0.2) is 6.29 Å². The first-order chi connectivity index (χ1) is 10.8. The van der Waals surface area contributed by atoms with Crippen LogP contribution < -0.4 is 4.90 Å². The summed E-state index contributed by atoms with van der Waals surface area (Å²) in [5, 5.41) is 0. The summed E-state index contributed by atoms with van der Waals surface area (Å²) in [6.45, 7) is 2.94. The van der Waals surface area contributed by atoms with Crippen molar-refractivity contribution in [1.82, 2.24) is 4.90 Å². The Labute approximate surface area is 130 Å². The smallest absolute Gasteiger partial charge is 0.254 e. The molecule has 1 fully saturated rings. The Hall–Kier alpha value is -2.62. The zero-order valence-electron chi connectivity index (χ0n) is 12.3. The largest absolute Gasteiger partial charge is 0.368 e. The third-order valence-corrected chi connectivity index (χ3v) is 4.01. The van der Waals surface area contributed by atoms with Crippen molar-refractivity contribution in [3.05, 3.63) is 65.7 Å². The second kappa shape index (κ2) is 6.43. The van der Waals surface area contributed by atoms with Crippen LogP contribution in [-0.2, 0) is 0 Å². The molecule has 112 valence electrons. The number of carbonyl (C=O) groups excluding carboxylic acids is 2. The number of carbonyl (C=O) groups is 2. The van der Waals surface area contributed by atoms with E-state index >= 15 is 0 Å². The fourth-order valence-electron chi connectivity index (χ4n) is 2.77. The predicted octanol–water partition coefficient (Wildman–Crippen LogP) is 2.46. The van der Waals surface area contributed by atoms with E-state index in [-0.39, 0.29) is 5.91 Å². The van der Waals surface area contributed by atoms with E-state index in [0.29, 0.717) is 24.2 Å². The van der Waals surface area contributed by atoms with Crippen molar-refractivity contribution in [2.75, 3.05) is 31.1 Å². The number of hydrogen-bond acceptors (Lipinski definition) is 3. The average molecular weight is 294 g/mol. The number of aldehydes is 1. The van der Waals surface area contributed by atoms with Crippen LogP contribution in [0.2, 0.25) is 0 Å². The molecule has 1 aliphatic rings. The maximum absolute atomic E-state index is 12.6. The maximum Gasteiger partial charge on any atom is 0.254 e. The molecule has 0 radical (unpaired) electrons. The molecule has 3 rings (SSSR count). The molecular weight excluding hydrogens is 276 g/mol. The van der Waals surface area contributed by atoms with Gasteiger partial charge in [-0.05, 0) is 18.2 Å². The normalized spacial score (nSPS) is 14.7. The van der Waals surface area contributed by atoms with Crippen LogP contribution in [0.4, 0.5) is 5.69 Å². The minimum atomic E-state index is -0.0598. The molecule has 4 heteroatoms. The Kier molecular flexibility index (Phi) is 4.19. The second-order valence-electron chi connectivity index (χ2n) is 5.32. The van der Waals surface area contributed by atoms with E-state index in [0.717, 1.165) is 19.4 Å². The van der Waals surface area contributed by atoms with Gasteiger partial charge in [-0.25, -0.2) is 0 Å². The van der Waals surface area contributed by atoms with E-state index in [2.05, 4.69) is 17.0 Å². The van der Waals surface area contributed by atoms with E-state index in [1.165, 1.54) is 5.69 Å². The molecule has 0 N–H and O–H groups in total. The summed E-state index contributed by atoms with van der Waals surface area (Å²) in [4.78, 5) is 27.7. The molecule has 0 unspecified atom stereocenters. The van der Waals surface area contributed by atoms with Gasteiger partial charge in [-0.2, -0.15) is 0 Å². The Balaban J connectivity index is 1.69. The van der Waals surface area contributed by atoms with Gasteiger partial charge in [0.2, 0.25) is 0 Å². The van der Waals surface area contributed by atoms with Gasteiger partial charge in [0.25, 0.3) is 5.91 Å². The molecule has 0 spiro atoms. The number of piperazine rings is 1. The minimum Gasteiger partial charge on any atom is -0.368 e. The van der Waals surface area contributed by atoms with Crippen molar-refractivity contribution < 1.29 is 9.59 Å². The molecular formula is C18H18N2O2. The molecule has 1 saturated heterocycles. The summed E-state index contributed by atoms with van der Waals surface area (Å²) in [5.41, 5.74) is 2.13. The number of rotatable bonds is 3. The molecule has 1 heterocycles. The van der Waals surface area contributed by atoms with E-state index in [4.69, 9.17) is 0 Å². The Morgan fingerprint density at radius 2 is 1.50 bits per heavy atom. The van der Waals surface area contributed by atoms with E-state index in [9.17, 15) is 9.59 Å². The molecule has 0 aromatic heterocycles. The van der Waals surface area contributed by atoms with Gasteiger partial charge < -0.3 is 9.80 Å². The zero-order valence-corrected chi connectivity index (χ0v) is 12.3. The monoisotopic (exact) mass is 294 g/mol. The van der Waals surface area contributed by atoms with E-state index in [1.54, 1.807) is 24.3 Å². The fourth-order valence-corrected chi connectivity index (χ4v) is 2.77. The van der Waals surface area contributed by atoms with Crippen LogP contribution >= 0.6 is 0 Å². The van der Waals surface area contributed by atoms with Gasteiger partial charge in [0.1, 0.15) is 0 Å². The number of amides is 1. The van der Waals surface area contributed by atoms with E-state index < -0.39 is 0 Å². The SMILES string of the molecule is O=Cc1ccccc1C(=O)N1CCN(c2ccccc2)CC1. The summed E-state index contributed by atoms with van der Waals surface area (Å²) in [6.07, 6.45) is 0.744. The lowest BCUT2D eigenvalue weighted by Crippen LogP contribution is -2.49. The quantitative estimate of drug-likeness (QED) is 0.817. The lowest BCUT2D eigenvalue weighted by Gasteiger charge is -2.36. The summed E-state index contributed by atoms with van der Waals surface area (Å²) < 4.78 is 0. The van der Waals surface area contributed by atoms with Gasteiger partial charge in [-0.15, -0.1) is 0 Å². The first kappa shape index (κ1) is 14.3. The number of benzene rings is 2. The summed E-state index contributed by atoms with van der Waals surface area (Å²) >= 11 is 0. The topological polar surface area (TPSA) is 40.6 Å². The van der Waals surface area contributed by atoms with E-state index in [1.807, 2.05) is 23.1 Å². The molecule has 1 amide bonds. The molecule has 2 aromatic rings. The predicted molar refractivity (Wildman–Crippen MR) is 86.4 cm³/mol. The third-order valence-electron chi connectivity index (χ3n) is 4.01. The van der Waals surface area contributed by atoms with Crippen LogP contribution in [0.1, 0.15) is 20.7 Å². The Morgan fingerprint density at radius 3 is 2.18 bits per heavy atom. The highest BCUT2D eigenvalue weighted by molar-refractivity contribution is 6.01. The molecule has 1 aliphatic heterocycles. The summed E-state index contributed by atoms with van der Waals surface area (Å²) in [7, 11) is 0. The van der Waals surface area contributed by atoms with Crippen LogP contribution in [-0.4, -0.2) is 43.3 Å². The zero-order chi connectivity index (χ0) is 15.4. The van der Waals surface area contributed by atoms with Crippen molar-refractivity contribution in [2.45, 2.75) is 0 Å². The van der Waals surface area contributed by atoms with Crippen LogP contribution in [0.25, 0.3) is 0 Å². The van der Waals surface area contributed by atoms with Crippen molar-refractivity contribution in [3.8, 4) is 0 Å². The van der Waals surface area contributed by atoms with Crippen LogP contribution in [0.15, 0.2) is 54.6 Å². The van der Waals surface area contributed by atoms with Crippen molar-refractivity contribution in [1.29, 1.82) is 0 Å². The molecule has 0 aliphatic carbocycles. The van der Waals surface area contributed by atoms with Gasteiger partial charge >= 0.3 is 0 Å². The van der Waals surface area contributed by atoms with Gasteiger partial charge in [0.05, 0.1) is 5.56 Å². The summed E-state index contributed by atoms with van der Waals surface area (Å²) in [5.74, 6) is -0.0598. The molecule has 0 bridgehead atoms. The van der Waals surface area contributed by atoms with Crippen molar-refractivity contribution in [2.24, 2.45) is 0 Å². The Morgan fingerprint density at radius 1 is 0.864 bits per heavy atom. The maximum atomic E-state index is 12.6. The van der Waals surface area contributed by atoms with Crippen molar-refractivity contribution >= 4 is 17.9 Å². The third kappa shape index (κ3) is 2.86. The lowest BCUT2D eigenvalue weighted by molar-refractivity contribution is 0.0744. The first-order valence-corrected chi connectivity index (χ1v) is 7.43. The fraction of sp³-hybridized carbons (Fsp3) is 0.222. The molecule has 0 atom stereocenters. The molecule has 4 nitrogen and oxygen atoms in total. The minimum absolute atomic E-state index is 0.0598. The van der Waals surface area contributed by atoms with Crippen LogP contribution in [0.5, 0.6) is 0 Å². The summed E-state index contributed by atoms with van der Waals surface area (Å²) in [6, 6.07) is 17.2. The number of nitrogens with zero attached hydrogens (tertiary/aromatic N) is 2. The highest BCUT2D eigenvalue weighted by Crippen LogP contribution is 2.17. The van der Waals surface area contributed by atoms with Gasteiger partial charge in [-0.1, -0.05) is 36.4 Å². The van der Waals surface area contributed by atoms with Crippen molar-refractivity contribution in [3.63, 3.8) is 0 Å². The molecule has 0 saturated carbocycles. The van der Waals surface area contributed by atoms with Gasteiger partial charge in [-0.3, -0.25) is 9.59 Å². The van der Waals surface area contributed by atoms with Crippen LogP contribution in [0.3, 0.4) is 0 Å². The van der Waals surface area contributed by atoms with Gasteiger partial charge in [0, 0.05) is 37.4 Å². The lowest BCUT2D eigenvalue weighted by atomic mass is 10.1. The standard InChI is InChI=1S/C18H18N2O2/c21-14-15-6-4-5-9-17(15)18(22)20-12-10-19(11-13-20)16-7-2-1-3-8-16/h1-9,14H,10-13H2. The second-order valence-corrected chi connectivity index (χ2v) is 5.32. The van der Waals surface area contributed by atoms with Crippen LogP contribution in [0, 0.1) is 0 Å². The molecule has 22 heavy (non-hydrogen) atoms. The average Bonchev–Trinajstić information content (AvgIpc) is 2.62. The molecule has 2 aromatic carbocycles.